The fourth-order valence-corrected chi connectivity index (χ4v) is 1.96. The van der Waals surface area contributed by atoms with Crippen molar-refractivity contribution in [3.05, 3.63) is 53.3 Å². The summed E-state index contributed by atoms with van der Waals surface area (Å²) in [6.45, 7) is 5.66. The van der Waals surface area contributed by atoms with Gasteiger partial charge in [-0.15, -0.1) is 0 Å². The molecule has 0 radical (unpaired) electrons. The second kappa shape index (κ2) is 7.29. The molecule has 0 heterocycles. The van der Waals surface area contributed by atoms with Crippen molar-refractivity contribution in [1.29, 1.82) is 0 Å². The lowest BCUT2D eigenvalue weighted by Gasteiger charge is -2.12. The van der Waals surface area contributed by atoms with Gasteiger partial charge in [-0.1, -0.05) is 26.0 Å². The van der Waals surface area contributed by atoms with Crippen LogP contribution in [0.2, 0.25) is 0 Å². The quantitative estimate of drug-likeness (QED) is 0.631. The standard InChI is InChI=1S/C15H12F4O.C2H6/c1-9-6-13(16)12(8-14(9)20-2)10-4-3-5-11(7-10)15(17,18)19;1-2/h3-8H,1-2H3;1-2H3. The van der Waals surface area contributed by atoms with Crippen LogP contribution in [0.15, 0.2) is 36.4 Å². The number of benzene rings is 2. The summed E-state index contributed by atoms with van der Waals surface area (Å²) in [6, 6.07) is 7.21. The average Bonchev–Trinajstić information content (AvgIpc) is 2.49. The Balaban J connectivity index is 0.00000116. The van der Waals surface area contributed by atoms with Gasteiger partial charge in [-0.05, 0) is 42.3 Å². The van der Waals surface area contributed by atoms with E-state index >= 15 is 0 Å². The summed E-state index contributed by atoms with van der Waals surface area (Å²) in [5, 5.41) is 0. The lowest BCUT2D eigenvalue weighted by Crippen LogP contribution is -2.04. The van der Waals surface area contributed by atoms with Crippen LogP contribution < -0.4 is 4.74 Å². The van der Waals surface area contributed by atoms with Crippen LogP contribution in [0.3, 0.4) is 0 Å². The molecule has 120 valence electrons. The number of hydrogen-bond acceptors (Lipinski definition) is 1. The van der Waals surface area contributed by atoms with Gasteiger partial charge in [-0.2, -0.15) is 13.2 Å². The zero-order valence-electron chi connectivity index (χ0n) is 12.9. The molecule has 2 aromatic carbocycles. The van der Waals surface area contributed by atoms with Gasteiger partial charge in [0.25, 0.3) is 0 Å². The largest absolute Gasteiger partial charge is 0.496 e. The summed E-state index contributed by atoms with van der Waals surface area (Å²) in [6.07, 6.45) is -4.46. The minimum absolute atomic E-state index is 0.0820. The number of aryl methyl sites for hydroxylation is 1. The topological polar surface area (TPSA) is 9.23 Å². The Morgan fingerprint density at radius 1 is 1.00 bits per heavy atom. The highest BCUT2D eigenvalue weighted by atomic mass is 19.4. The van der Waals surface area contributed by atoms with Gasteiger partial charge in [0.05, 0.1) is 12.7 Å². The van der Waals surface area contributed by atoms with Gasteiger partial charge in [-0.3, -0.25) is 0 Å². The van der Waals surface area contributed by atoms with Crippen molar-refractivity contribution in [2.45, 2.75) is 26.9 Å². The van der Waals surface area contributed by atoms with Gasteiger partial charge in [0.15, 0.2) is 0 Å². The van der Waals surface area contributed by atoms with Gasteiger partial charge in [0.1, 0.15) is 11.6 Å². The first-order valence-electron chi connectivity index (χ1n) is 6.84. The van der Waals surface area contributed by atoms with E-state index in [1.165, 1.54) is 31.4 Å². The van der Waals surface area contributed by atoms with Gasteiger partial charge in [-0.25, -0.2) is 4.39 Å². The lowest BCUT2D eigenvalue weighted by atomic mass is 10.0. The summed E-state index contributed by atoms with van der Waals surface area (Å²) >= 11 is 0. The maximum atomic E-state index is 13.9. The van der Waals surface area contributed by atoms with E-state index < -0.39 is 17.6 Å². The molecule has 0 aliphatic carbocycles. The summed E-state index contributed by atoms with van der Waals surface area (Å²) in [7, 11) is 1.43. The Labute approximate surface area is 127 Å². The zero-order valence-corrected chi connectivity index (χ0v) is 12.9. The summed E-state index contributed by atoms with van der Waals surface area (Å²) < 4.78 is 57.0. The van der Waals surface area contributed by atoms with Crippen LogP contribution in [0.25, 0.3) is 11.1 Å². The third-order valence-corrected chi connectivity index (χ3v) is 2.99. The molecule has 0 bridgehead atoms. The predicted octanol–water partition coefficient (Wildman–Crippen LogP) is 5.85. The van der Waals surface area contributed by atoms with E-state index in [9.17, 15) is 17.6 Å². The van der Waals surface area contributed by atoms with Crippen LogP contribution in [0, 0.1) is 12.7 Å². The SMILES string of the molecule is CC.COc1cc(-c2cccc(C(F)(F)F)c2)c(F)cc1C. The van der Waals surface area contributed by atoms with E-state index in [1.54, 1.807) is 6.92 Å². The van der Waals surface area contributed by atoms with Gasteiger partial charge in [0, 0.05) is 5.56 Å². The van der Waals surface area contributed by atoms with Crippen LogP contribution in [0.5, 0.6) is 5.75 Å². The predicted molar refractivity (Wildman–Crippen MR) is 79.5 cm³/mol. The maximum Gasteiger partial charge on any atom is 0.416 e. The monoisotopic (exact) mass is 314 g/mol. The van der Waals surface area contributed by atoms with E-state index in [1.807, 2.05) is 13.8 Å². The molecule has 0 amide bonds. The van der Waals surface area contributed by atoms with E-state index in [-0.39, 0.29) is 11.1 Å². The van der Waals surface area contributed by atoms with Crippen LogP contribution in [-0.2, 0) is 6.18 Å². The molecular weight excluding hydrogens is 296 g/mol. The van der Waals surface area contributed by atoms with Crippen molar-refractivity contribution >= 4 is 0 Å². The summed E-state index contributed by atoms with van der Waals surface area (Å²) in [5.41, 5.74) is 0.0174. The molecule has 0 fully saturated rings. The number of halogens is 4. The molecular formula is C17H18F4O. The highest BCUT2D eigenvalue weighted by molar-refractivity contribution is 5.67. The summed E-state index contributed by atoms with van der Waals surface area (Å²) in [5.74, 6) is -0.151. The molecule has 2 aromatic rings. The summed E-state index contributed by atoms with van der Waals surface area (Å²) in [4.78, 5) is 0. The average molecular weight is 314 g/mol. The molecule has 0 atom stereocenters. The Morgan fingerprint density at radius 3 is 2.18 bits per heavy atom. The van der Waals surface area contributed by atoms with Crippen molar-refractivity contribution in [2.24, 2.45) is 0 Å². The third-order valence-electron chi connectivity index (χ3n) is 2.99. The second-order valence-corrected chi connectivity index (χ2v) is 4.38. The Hall–Kier alpha value is -2.04. The first-order chi connectivity index (χ1) is 10.3. The number of methoxy groups -OCH3 is 1. The maximum absolute atomic E-state index is 13.9. The second-order valence-electron chi connectivity index (χ2n) is 4.38. The minimum atomic E-state index is -4.46. The fourth-order valence-electron chi connectivity index (χ4n) is 1.96. The molecule has 0 aliphatic heterocycles. The molecule has 5 heteroatoms. The van der Waals surface area contributed by atoms with Crippen LogP contribution >= 0.6 is 0 Å². The Kier molecular flexibility index (Phi) is 5.97. The van der Waals surface area contributed by atoms with Gasteiger partial charge in [0.2, 0.25) is 0 Å². The molecule has 0 spiro atoms. The fraction of sp³-hybridized carbons (Fsp3) is 0.294. The number of rotatable bonds is 2. The molecule has 22 heavy (non-hydrogen) atoms. The van der Waals surface area contributed by atoms with E-state index in [0.717, 1.165) is 12.1 Å². The van der Waals surface area contributed by atoms with Crippen molar-refractivity contribution in [2.75, 3.05) is 7.11 Å². The number of hydrogen-bond donors (Lipinski definition) is 0. The zero-order chi connectivity index (χ0) is 16.9. The Morgan fingerprint density at radius 2 is 1.64 bits per heavy atom. The lowest BCUT2D eigenvalue weighted by molar-refractivity contribution is -0.137. The van der Waals surface area contributed by atoms with Crippen LogP contribution in [0.1, 0.15) is 25.0 Å². The molecule has 0 aliphatic rings. The van der Waals surface area contributed by atoms with Gasteiger partial charge < -0.3 is 4.74 Å². The Bertz CT molecular complexity index is 633. The molecule has 0 unspecified atom stereocenters. The molecule has 1 nitrogen and oxygen atoms in total. The van der Waals surface area contributed by atoms with Crippen molar-refractivity contribution < 1.29 is 22.3 Å². The molecule has 0 N–H and O–H groups in total. The first kappa shape index (κ1) is 18.0. The minimum Gasteiger partial charge on any atom is -0.496 e. The third kappa shape index (κ3) is 4.00. The first-order valence-corrected chi connectivity index (χ1v) is 6.84. The van der Waals surface area contributed by atoms with E-state index in [0.29, 0.717) is 11.3 Å². The van der Waals surface area contributed by atoms with Crippen molar-refractivity contribution in [3.63, 3.8) is 0 Å². The molecule has 2 rings (SSSR count). The van der Waals surface area contributed by atoms with Crippen molar-refractivity contribution in [1.82, 2.24) is 0 Å². The normalized spacial score (nSPS) is 10.7. The van der Waals surface area contributed by atoms with Crippen LogP contribution in [-0.4, -0.2) is 7.11 Å². The highest BCUT2D eigenvalue weighted by Crippen LogP contribution is 2.34. The van der Waals surface area contributed by atoms with Crippen molar-refractivity contribution in [3.8, 4) is 16.9 Å². The smallest absolute Gasteiger partial charge is 0.416 e. The highest BCUT2D eigenvalue weighted by Gasteiger charge is 2.30. The molecule has 0 aromatic heterocycles. The van der Waals surface area contributed by atoms with E-state index in [4.69, 9.17) is 4.74 Å². The van der Waals surface area contributed by atoms with E-state index in [2.05, 4.69) is 0 Å². The molecule has 0 saturated heterocycles. The van der Waals surface area contributed by atoms with Crippen LogP contribution in [0.4, 0.5) is 17.6 Å². The molecule has 0 saturated carbocycles. The van der Waals surface area contributed by atoms with Gasteiger partial charge >= 0.3 is 6.18 Å². The number of alkyl halides is 3. The number of ether oxygens (including phenoxy) is 1.